The highest BCUT2D eigenvalue weighted by atomic mass is 16.6. The number of carbonyl (C=O) groups excluding carboxylic acids is 2. The topological polar surface area (TPSA) is 55.4 Å². The first kappa shape index (κ1) is 16.7. The quantitative estimate of drug-likeness (QED) is 0.606. The van der Waals surface area contributed by atoms with Gasteiger partial charge in [-0.1, -0.05) is 19.9 Å². The van der Waals surface area contributed by atoms with Crippen molar-refractivity contribution in [2.24, 2.45) is 5.92 Å². The van der Waals surface area contributed by atoms with Crippen LogP contribution in [-0.4, -0.2) is 24.5 Å². The summed E-state index contributed by atoms with van der Waals surface area (Å²) in [5.74, 6) is -0.103. The van der Waals surface area contributed by atoms with E-state index in [-0.39, 0.29) is 18.3 Å². The van der Waals surface area contributed by atoms with Crippen LogP contribution in [0.1, 0.15) is 47.5 Å². The van der Waals surface area contributed by atoms with E-state index in [1.165, 1.54) is 0 Å². The largest absolute Gasteiger partial charge is 0.457 e. The molecule has 0 radical (unpaired) electrons. The molecule has 18 heavy (non-hydrogen) atoms. The van der Waals surface area contributed by atoms with Crippen LogP contribution < -0.4 is 5.32 Å². The monoisotopic (exact) mass is 255 g/mol. The lowest BCUT2D eigenvalue weighted by atomic mass is 10.0. The molecule has 0 aromatic heterocycles. The summed E-state index contributed by atoms with van der Waals surface area (Å²) in [6.45, 7) is 9.54. The lowest BCUT2D eigenvalue weighted by Gasteiger charge is -2.21. The molecule has 0 spiro atoms. The van der Waals surface area contributed by atoms with Gasteiger partial charge in [0, 0.05) is 19.0 Å². The van der Waals surface area contributed by atoms with Gasteiger partial charge in [-0.05, 0) is 33.1 Å². The molecule has 0 bridgehead atoms. The van der Waals surface area contributed by atoms with E-state index in [4.69, 9.17) is 4.74 Å². The van der Waals surface area contributed by atoms with Crippen molar-refractivity contribution in [3.8, 4) is 0 Å². The molecular weight excluding hydrogens is 230 g/mol. The highest BCUT2D eigenvalue weighted by Gasteiger charge is 2.20. The Balaban J connectivity index is 4.77. The minimum atomic E-state index is -0.514. The average molecular weight is 255 g/mol. The van der Waals surface area contributed by atoms with Crippen LogP contribution in [0.25, 0.3) is 0 Å². The number of esters is 1. The van der Waals surface area contributed by atoms with E-state index in [0.717, 1.165) is 0 Å². The fourth-order valence-corrected chi connectivity index (χ4v) is 1.35. The fourth-order valence-electron chi connectivity index (χ4n) is 1.35. The van der Waals surface area contributed by atoms with Crippen LogP contribution in [0.2, 0.25) is 0 Å². The Morgan fingerprint density at radius 3 is 2.22 bits per heavy atom. The summed E-state index contributed by atoms with van der Waals surface area (Å²) < 4.78 is 5.33. The van der Waals surface area contributed by atoms with Gasteiger partial charge in [0.1, 0.15) is 5.60 Å². The van der Waals surface area contributed by atoms with Crippen molar-refractivity contribution in [3.05, 3.63) is 11.6 Å². The minimum absolute atomic E-state index is 0.111. The van der Waals surface area contributed by atoms with Crippen molar-refractivity contribution in [2.75, 3.05) is 7.05 Å². The SMILES string of the molecule is CNC(=O)CC=C(CC(C)C)C(=O)OC(C)(C)C. The fraction of sp³-hybridized carbons (Fsp3) is 0.714. The first-order valence-electron chi connectivity index (χ1n) is 6.28. The lowest BCUT2D eigenvalue weighted by Crippen LogP contribution is -2.25. The second-order valence-corrected chi connectivity index (χ2v) is 5.71. The number of ether oxygens (including phenoxy) is 1. The van der Waals surface area contributed by atoms with Gasteiger partial charge in [0.15, 0.2) is 0 Å². The Bertz CT molecular complexity index is 324. The third kappa shape index (κ3) is 7.87. The Kier molecular flexibility index (Phi) is 6.66. The zero-order valence-corrected chi connectivity index (χ0v) is 12.3. The molecule has 0 aliphatic heterocycles. The van der Waals surface area contributed by atoms with E-state index >= 15 is 0 Å². The van der Waals surface area contributed by atoms with Crippen molar-refractivity contribution in [1.29, 1.82) is 0 Å². The number of hydrogen-bond acceptors (Lipinski definition) is 3. The molecule has 1 amide bonds. The predicted molar refractivity (Wildman–Crippen MR) is 72.1 cm³/mol. The molecule has 0 aromatic carbocycles. The van der Waals surface area contributed by atoms with Crippen LogP contribution in [0, 0.1) is 5.92 Å². The highest BCUT2D eigenvalue weighted by Crippen LogP contribution is 2.17. The number of nitrogens with one attached hydrogen (secondary N) is 1. The van der Waals surface area contributed by atoms with Crippen LogP contribution in [0.3, 0.4) is 0 Å². The zero-order valence-electron chi connectivity index (χ0n) is 12.3. The van der Waals surface area contributed by atoms with Crippen molar-refractivity contribution in [3.63, 3.8) is 0 Å². The van der Waals surface area contributed by atoms with E-state index in [1.54, 1.807) is 13.1 Å². The van der Waals surface area contributed by atoms with Gasteiger partial charge < -0.3 is 10.1 Å². The normalized spacial score (nSPS) is 12.5. The van der Waals surface area contributed by atoms with Crippen molar-refractivity contribution < 1.29 is 14.3 Å². The van der Waals surface area contributed by atoms with E-state index in [2.05, 4.69) is 5.32 Å². The zero-order chi connectivity index (χ0) is 14.3. The molecule has 0 unspecified atom stereocenters. The van der Waals surface area contributed by atoms with Crippen LogP contribution in [0.4, 0.5) is 0 Å². The molecule has 0 aliphatic rings. The maximum atomic E-state index is 12.0. The van der Waals surface area contributed by atoms with Crippen LogP contribution >= 0.6 is 0 Å². The Hall–Kier alpha value is -1.32. The highest BCUT2D eigenvalue weighted by molar-refractivity contribution is 5.90. The summed E-state index contributed by atoms with van der Waals surface area (Å²) in [6, 6.07) is 0. The number of carbonyl (C=O) groups is 2. The number of rotatable bonds is 5. The minimum Gasteiger partial charge on any atom is -0.457 e. The van der Waals surface area contributed by atoms with Crippen LogP contribution in [0.5, 0.6) is 0 Å². The molecule has 0 saturated heterocycles. The molecule has 4 nitrogen and oxygen atoms in total. The van der Waals surface area contributed by atoms with Crippen LogP contribution in [0.15, 0.2) is 11.6 Å². The predicted octanol–water partition coefficient (Wildman–Crippen LogP) is 2.44. The molecule has 0 fully saturated rings. The first-order chi connectivity index (χ1) is 8.15. The van der Waals surface area contributed by atoms with E-state index in [9.17, 15) is 9.59 Å². The molecule has 0 rings (SSSR count). The van der Waals surface area contributed by atoms with Crippen molar-refractivity contribution >= 4 is 11.9 Å². The van der Waals surface area contributed by atoms with Gasteiger partial charge in [0.2, 0.25) is 5.91 Å². The molecule has 104 valence electrons. The summed E-state index contributed by atoms with van der Waals surface area (Å²) in [7, 11) is 1.58. The summed E-state index contributed by atoms with van der Waals surface area (Å²) in [5.41, 5.74) is 0.0590. The van der Waals surface area contributed by atoms with Gasteiger partial charge in [-0.15, -0.1) is 0 Å². The van der Waals surface area contributed by atoms with Gasteiger partial charge >= 0.3 is 5.97 Å². The summed E-state index contributed by atoms with van der Waals surface area (Å²) >= 11 is 0. The van der Waals surface area contributed by atoms with Gasteiger partial charge in [0.05, 0.1) is 0 Å². The van der Waals surface area contributed by atoms with E-state index in [0.29, 0.717) is 17.9 Å². The Labute approximate surface area is 110 Å². The van der Waals surface area contributed by atoms with Gasteiger partial charge in [0.25, 0.3) is 0 Å². The summed E-state index contributed by atoms with van der Waals surface area (Å²) in [4.78, 5) is 23.2. The maximum Gasteiger partial charge on any atom is 0.334 e. The molecule has 0 heterocycles. The number of hydrogen-bond donors (Lipinski definition) is 1. The maximum absolute atomic E-state index is 12.0. The third-order valence-corrected chi connectivity index (χ3v) is 2.10. The molecule has 0 saturated carbocycles. The van der Waals surface area contributed by atoms with Gasteiger partial charge in [-0.2, -0.15) is 0 Å². The molecule has 0 atom stereocenters. The van der Waals surface area contributed by atoms with Crippen molar-refractivity contribution in [2.45, 2.75) is 53.1 Å². The van der Waals surface area contributed by atoms with Crippen molar-refractivity contribution in [1.82, 2.24) is 5.32 Å². The van der Waals surface area contributed by atoms with E-state index in [1.807, 2.05) is 34.6 Å². The van der Waals surface area contributed by atoms with Crippen LogP contribution in [-0.2, 0) is 14.3 Å². The summed E-state index contributed by atoms with van der Waals surface area (Å²) in [5, 5.41) is 2.53. The molecule has 4 heteroatoms. The first-order valence-corrected chi connectivity index (χ1v) is 6.28. The smallest absolute Gasteiger partial charge is 0.334 e. The molecule has 0 aliphatic carbocycles. The molecule has 0 aromatic rings. The average Bonchev–Trinajstić information content (AvgIpc) is 2.20. The Morgan fingerprint density at radius 2 is 1.83 bits per heavy atom. The summed E-state index contributed by atoms with van der Waals surface area (Å²) in [6.07, 6.45) is 2.48. The molecule has 1 N–H and O–H groups in total. The van der Waals surface area contributed by atoms with E-state index < -0.39 is 5.60 Å². The number of amides is 1. The lowest BCUT2D eigenvalue weighted by molar-refractivity contribution is -0.150. The second kappa shape index (κ2) is 7.19. The standard InChI is InChI=1S/C14H25NO3/c1-10(2)9-11(7-8-12(16)15-6)13(17)18-14(3,4)5/h7,10H,8-9H2,1-6H3,(H,15,16). The second-order valence-electron chi connectivity index (χ2n) is 5.71. The van der Waals surface area contributed by atoms with Gasteiger partial charge in [-0.25, -0.2) is 4.79 Å². The van der Waals surface area contributed by atoms with Gasteiger partial charge in [-0.3, -0.25) is 4.79 Å². The Morgan fingerprint density at radius 1 is 1.28 bits per heavy atom. The third-order valence-electron chi connectivity index (χ3n) is 2.10. The molecular formula is C14H25NO3.